The maximum atomic E-state index is 12.1. The van der Waals surface area contributed by atoms with Crippen LogP contribution in [0.3, 0.4) is 0 Å². The Hall–Kier alpha value is -2.14. The van der Waals surface area contributed by atoms with Gasteiger partial charge >= 0.3 is 0 Å². The zero-order valence-corrected chi connectivity index (χ0v) is 14.5. The van der Waals surface area contributed by atoms with Crippen molar-refractivity contribution in [1.82, 2.24) is 20.2 Å². The molecule has 25 heavy (non-hydrogen) atoms. The average Bonchev–Trinajstić information content (AvgIpc) is 3.21. The van der Waals surface area contributed by atoms with Crippen molar-refractivity contribution in [2.45, 2.75) is 63.2 Å². The molecule has 3 atom stereocenters. The van der Waals surface area contributed by atoms with Crippen LogP contribution in [0.15, 0.2) is 42.7 Å². The van der Waals surface area contributed by atoms with Gasteiger partial charge in [0.25, 0.3) is 0 Å². The summed E-state index contributed by atoms with van der Waals surface area (Å²) in [7, 11) is 0. The molecule has 5 nitrogen and oxygen atoms in total. The number of aromatic nitrogens is 2. The van der Waals surface area contributed by atoms with Crippen LogP contribution in [-0.4, -0.2) is 38.9 Å². The van der Waals surface area contributed by atoms with Gasteiger partial charge in [0.1, 0.15) is 5.82 Å². The summed E-state index contributed by atoms with van der Waals surface area (Å²) < 4.78 is 0. The third-order valence-electron chi connectivity index (χ3n) is 5.59. The minimum Gasteiger partial charge on any atom is -0.352 e. The van der Waals surface area contributed by atoms with Crippen molar-refractivity contribution < 1.29 is 4.79 Å². The Bertz CT molecular complexity index is 685. The lowest BCUT2D eigenvalue weighted by Gasteiger charge is -2.32. The third-order valence-corrected chi connectivity index (χ3v) is 5.59. The number of rotatable bonds is 4. The second kappa shape index (κ2) is 7.40. The van der Waals surface area contributed by atoms with Gasteiger partial charge in [-0.2, -0.15) is 0 Å². The molecule has 2 aliphatic rings. The van der Waals surface area contributed by atoms with Crippen molar-refractivity contribution in [3.05, 3.63) is 54.1 Å². The maximum absolute atomic E-state index is 12.1. The summed E-state index contributed by atoms with van der Waals surface area (Å²) in [6.45, 7) is 0.821. The molecule has 2 saturated heterocycles. The van der Waals surface area contributed by atoms with Gasteiger partial charge in [-0.25, -0.2) is 4.98 Å². The summed E-state index contributed by atoms with van der Waals surface area (Å²) >= 11 is 0. The molecule has 132 valence electrons. The molecular formula is C20H26N4O. The Morgan fingerprint density at radius 2 is 2.08 bits per heavy atom. The molecule has 2 aromatic rings. The molecule has 0 unspecified atom stereocenters. The molecule has 0 spiro atoms. The number of nitrogens with one attached hydrogen (secondary N) is 2. The fourth-order valence-electron chi connectivity index (χ4n) is 4.42. The van der Waals surface area contributed by atoms with Crippen LogP contribution in [0.25, 0.3) is 0 Å². The summed E-state index contributed by atoms with van der Waals surface area (Å²) in [6.07, 6.45) is 9.68. The molecule has 1 amide bonds. The minimum absolute atomic E-state index is 0.216. The fourth-order valence-corrected chi connectivity index (χ4v) is 4.42. The Kier molecular flexibility index (Phi) is 4.83. The van der Waals surface area contributed by atoms with E-state index in [-0.39, 0.29) is 11.9 Å². The highest BCUT2D eigenvalue weighted by Crippen LogP contribution is 2.32. The Balaban J connectivity index is 1.57. The fraction of sp³-hybridized carbons (Fsp3) is 0.500. The van der Waals surface area contributed by atoms with Crippen LogP contribution in [0, 0.1) is 0 Å². The number of hydrogen-bond donors (Lipinski definition) is 2. The number of aromatic amines is 1. The van der Waals surface area contributed by atoms with Gasteiger partial charge in [-0.15, -0.1) is 0 Å². The lowest BCUT2D eigenvalue weighted by molar-refractivity contribution is -0.122. The molecule has 4 rings (SSSR count). The monoisotopic (exact) mass is 338 g/mol. The first-order valence-corrected chi connectivity index (χ1v) is 9.37. The summed E-state index contributed by atoms with van der Waals surface area (Å²) in [5, 5.41) is 3.29. The molecule has 2 N–H and O–H groups in total. The summed E-state index contributed by atoms with van der Waals surface area (Å²) in [5.41, 5.74) is 1.36. The number of benzene rings is 1. The second-order valence-electron chi connectivity index (χ2n) is 7.27. The van der Waals surface area contributed by atoms with E-state index in [4.69, 9.17) is 0 Å². The molecule has 1 aromatic heterocycles. The lowest BCUT2D eigenvalue weighted by Crippen LogP contribution is -2.46. The molecule has 0 radical (unpaired) electrons. The van der Waals surface area contributed by atoms with Gasteiger partial charge in [-0.3, -0.25) is 9.69 Å². The molecule has 2 aliphatic heterocycles. The van der Waals surface area contributed by atoms with Crippen molar-refractivity contribution in [1.29, 1.82) is 0 Å². The van der Waals surface area contributed by atoms with E-state index in [0.717, 1.165) is 44.5 Å². The van der Waals surface area contributed by atoms with Gasteiger partial charge in [0, 0.05) is 36.9 Å². The molecule has 0 bridgehead atoms. The van der Waals surface area contributed by atoms with E-state index in [0.29, 0.717) is 18.5 Å². The number of hydrogen-bond acceptors (Lipinski definition) is 3. The molecule has 1 aromatic carbocycles. The SMILES string of the molecule is O=C1CCCC[C@@H]2[C@H](C[C@@H](Cc3ccccc3)N2Cc2ncc[nH]2)N1. The largest absolute Gasteiger partial charge is 0.352 e. The van der Waals surface area contributed by atoms with Gasteiger partial charge in [-0.1, -0.05) is 36.8 Å². The first kappa shape index (κ1) is 16.3. The highest BCUT2D eigenvalue weighted by molar-refractivity contribution is 5.76. The summed E-state index contributed by atoms with van der Waals surface area (Å²) in [5.74, 6) is 1.22. The molecule has 3 heterocycles. The standard InChI is InChI=1S/C20H26N4O/c25-20-9-5-4-8-18-17(23-20)13-16(12-15-6-2-1-3-7-15)24(18)14-19-21-10-11-22-19/h1-3,6-7,10-11,16-18H,4-5,8-9,12-14H2,(H,21,22)(H,23,25)/t16-,17+,18-/m1/s1. The van der Waals surface area contributed by atoms with Gasteiger partial charge in [-0.05, 0) is 31.2 Å². The molecule has 0 aliphatic carbocycles. The quantitative estimate of drug-likeness (QED) is 0.901. The van der Waals surface area contributed by atoms with E-state index < -0.39 is 0 Å². The Morgan fingerprint density at radius 3 is 2.88 bits per heavy atom. The normalized spacial score (nSPS) is 27.4. The number of imidazole rings is 1. The molecule has 5 heteroatoms. The number of likely N-dealkylation sites (tertiary alicyclic amines) is 1. The zero-order chi connectivity index (χ0) is 17.1. The third kappa shape index (κ3) is 3.76. The van der Waals surface area contributed by atoms with Crippen LogP contribution in [0.4, 0.5) is 0 Å². The smallest absolute Gasteiger partial charge is 0.220 e. The van der Waals surface area contributed by atoms with E-state index >= 15 is 0 Å². The molecular weight excluding hydrogens is 312 g/mol. The number of carbonyl (C=O) groups is 1. The predicted octanol–water partition coefficient (Wildman–Crippen LogP) is 2.65. The van der Waals surface area contributed by atoms with Crippen molar-refractivity contribution in [2.24, 2.45) is 0 Å². The molecule has 0 saturated carbocycles. The van der Waals surface area contributed by atoms with E-state index in [9.17, 15) is 4.79 Å². The highest BCUT2D eigenvalue weighted by Gasteiger charge is 2.42. The van der Waals surface area contributed by atoms with Crippen LogP contribution < -0.4 is 5.32 Å². The Labute approximate surface area is 148 Å². The van der Waals surface area contributed by atoms with Crippen LogP contribution >= 0.6 is 0 Å². The lowest BCUT2D eigenvalue weighted by atomic mass is 9.97. The summed E-state index contributed by atoms with van der Waals surface area (Å²) in [4.78, 5) is 22.4. The number of H-pyrrole nitrogens is 1. The van der Waals surface area contributed by atoms with Crippen molar-refractivity contribution in [2.75, 3.05) is 0 Å². The average molecular weight is 338 g/mol. The highest BCUT2D eigenvalue weighted by atomic mass is 16.1. The number of carbonyl (C=O) groups excluding carboxylic acids is 1. The van der Waals surface area contributed by atoms with E-state index in [1.807, 2.05) is 12.4 Å². The first-order chi connectivity index (χ1) is 12.3. The van der Waals surface area contributed by atoms with Crippen LogP contribution in [0.5, 0.6) is 0 Å². The van der Waals surface area contributed by atoms with Crippen LogP contribution in [0.2, 0.25) is 0 Å². The second-order valence-corrected chi connectivity index (χ2v) is 7.27. The first-order valence-electron chi connectivity index (χ1n) is 9.37. The van der Waals surface area contributed by atoms with Crippen LogP contribution in [-0.2, 0) is 17.8 Å². The van der Waals surface area contributed by atoms with E-state index in [1.54, 1.807) is 0 Å². The van der Waals surface area contributed by atoms with Gasteiger partial charge in [0.2, 0.25) is 5.91 Å². The maximum Gasteiger partial charge on any atom is 0.220 e. The summed E-state index contributed by atoms with van der Waals surface area (Å²) in [6, 6.07) is 11.8. The topological polar surface area (TPSA) is 61.0 Å². The van der Waals surface area contributed by atoms with Gasteiger partial charge < -0.3 is 10.3 Å². The van der Waals surface area contributed by atoms with Crippen molar-refractivity contribution in [3.8, 4) is 0 Å². The van der Waals surface area contributed by atoms with E-state index in [1.165, 1.54) is 5.56 Å². The van der Waals surface area contributed by atoms with Crippen molar-refractivity contribution >= 4 is 5.91 Å². The number of fused-ring (bicyclic) bond motifs is 1. The number of nitrogens with zero attached hydrogens (tertiary/aromatic N) is 2. The van der Waals surface area contributed by atoms with E-state index in [2.05, 4.69) is 50.5 Å². The van der Waals surface area contributed by atoms with Gasteiger partial charge in [0.05, 0.1) is 6.54 Å². The Morgan fingerprint density at radius 1 is 1.20 bits per heavy atom. The zero-order valence-electron chi connectivity index (χ0n) is 14.5. The molecule has 2 fully saturated rings. The predicted molar refractivity (Wildman–Crippen MR) is 96.9 cm³/mol. The van der Waals surface area contributed by atoms with Crippen LogP contribution in [0.1, 0.15) is 43.5 Å². The van der Waals surface area contributed by atoms with Gasteiger partial charge in [0.15, 0.2) is 0 Å². The minimum atomic E-state index is 0.216. The van der Waals surface area contributed by atoms with Crippen molar-refractivity contribution in [3.63, 3.8) is 0 Å². The number of amides is 1.